The zero-order chi connectivity index (χ0) is 16.1. The molecule has 2 N–H and O–H groups in total. The summed E-state index contributed by atoms with van der Waals surface area (Å²) in [5.41, 5.74) is 3.13. The molecule has 1 amide bonds. The van der Waals surface area contributed by atoms with Gasteiger partial charge in [-0.3, -0.25) is 4.79 Å². The fourth-order valence-corrected chi connectivity index (χ4v) is 2.17. The van der Waals surface area contributed by atoms with Crippen LogP contribution in [0.3, 0.4) is 0 Å². The van der Waals surface area contributed by atoms with Crippen molar-refractivity contribution in [2.24, 2.45) is 0 Å². The van der Waals surface area contributed by atoms with Crippen LogP contribution in [0.4, 0.5) is 11.4 Å². The lowest BCUT2D eigenvalue weighted by Gasteiger charge is -2.17. The molecule has 112 valence electrons. The van der Waals surface area contributed by atoms with Gasteiger partial charge in [-0.25, -0.2) is 0 Å². The van der Waals surface area contributed by atoms with Gasteiger partial charge < -0.3 is 10.6 Å². The van der Waals surface area contributed by atoms with E-state index in [0.717, 1.165) is 16.8 Å². The second-order valence-corrected chi connectivity index (χ2v) is 5.40. The number of nitrogens with one attached hydrogen (secondary N) is 2. The fourth-order valence-electron chi connectivity index (χ4n) is 2.00. The third-order valence-electron chi connectivity index (χ3n) is 3.33. The standard InChI is InChI=1S/C18H17ClN2O/c1-4-14-7-5-8-15(11-14)20-13(3)18(22)21-17-10-6-9-16(19)12(17)2/h1,5-11,13,20H,2-3H3,(H,21,22). The third-order valence-corrected chi connectivity index (χ3v) is 3.74. The summed E-state index contributed by atoms with van der Waals surface area (Å²) in [5.74, 6) is 2.43. The molecular weight excluding hydrogens is 296 g/mol. The van der Waals surface area contributed by atoms with E-state index in [1.807, 2.05) is 37.3 Å². The first-order valence-corrected chi connectivity index (χ1v) is 7.28. The Balaban J connectivity index is 2.06. The van der Waals surface area contributed by atoms with Crippen molar-refractivity contribution in [2.45, 2.75) is 19.9 Å². The predicted molar refractivity (Wildman–Crippen MR) is 92.3 cm³/mol. The highest BCUT2D eigenvalue weighted by atomic mass is 35.5. The number of anilines is 2. The molecule has 1 unspecified atom stereocenters. The number of carbonyl (C=O) groups excluding carboxylic acids is 1. The molecule has 0 saturated carbocycles. The van der Waals surface area contributed by atoms with Gasteiger partial charge in [-0.15, -0.1) is 6.42 Å². The lowest BCUT2D eigenvalue weighted by Crippen LogP contribution is -2.32. The van der Waals surface area contributed by atoms with Crippen molar-refractivity contribution in [3.05, 3.63) is 58.6 Å². The SMILES string of the molecule is C#Cc1cccc(NC(C)C(=O)Nc2cccc(Cl)c2C)c1. The van der Waals surface area contributed by atoms with E-state index in [9.17, 15) is 4.79 Å². The maximum absolute atomic E-state index is 12.3. The van der Waals surface area contributed by atoms with Gasteiger partial charge in [-0.1, -0.05) is 29.7 Å². The number of halogens is 1. The Labute approximate surface area is 135 Å². The molecule has 3 nitrogen and oxygen atoms in total. The molecule has 22 heavy (non-hydrogen) atoms. The molecular formula is C18H17ClN2O. The topological polar surface area (TPSA) is 41.1 Å². The van der Waals surface area contributed by atoms with Crippen LogP contribution >= 0.6 is 11.6 Å². The Kier molecular flexibility index (Phi) is 5.08. The van der Waals surface area contributed by atoms with Crippen molar-refractivity contribution >= 4 is 28.9 Å². The van der Waals surface area contributed by atoms with Crippen molar-refractivity contribution in [1.82, 2.24) is 0 Å². The minimum atomic E-state index is -0.411. The number of rotatable bonds is 4. The van der Waals surface area contributed by atoms with Gasteiger partial charge in [0.2, 0.25) is 5.91 Å². The van der Waals surface area contributed by atoms with E-state index in [1.165, 1.54) is 0 Å². The molecule has 0 saturated heterocycles. The van der Waals surface area contributed by atoms with Gasteiger partial charge in [0.05, 0.1) is 0 Å². The predicted octanol–water partition coefficient (Wildman–Crippen LogP) is 4.07. The number of carbonyl (C=O) groups is 1. The summed E-state index contributed by atoms with van der Waals surface area (Å²) in [4.78, 5) is 12.3. The Morgan fingerprint density at radius 2 is 2.00 bits per heavy atom. The van der Waals surface area contributed by atoms with Crippen LogP contribution < -0.4 is 10.6 Å². The molecule has 0 fully saturated rings. The average molecular weight is 313 g/mol. The molecule has 0 aliphatic carbocycles. The molecule has 0 aromatic heterocycles. The molecule has 2 rings (SSSR count). The minimum Gasteiger partial charge on any atom is -0.374 e. The Morgan fingerprint density at radius 1 is 1.27 bits per heavy atom. The fraction of sp³-hybridized carbons (Fsp3) is 0.167. The molecule has 0 spiro atoms. The Morgan fingerprint density at radius 3 is 2.73 bits per heavy atom. The third kappa shape index (κ3) is 3.81. The van der Waals surface area contributed by atoms with Gasteiger partial charge in [-0.2, -0.15) is 0 Å². The van der Waals surface area contributed by atoms with Crippen LogP contribution in [-0.4, -0.2) is 11.9 Å². The van der Waals surface area contributed by atoms with Crippen molar-refractivity contribution in [3.8, 4) is 12.3 Å². The van der Waals surface area contributed by atoms with E-state index >= 15 is 0 Å². The van der Waals surface area contributed by atoms with Gasteiger partial charge in [-0.05, 0) is 49.7 Å². The normalized spacial score (nSPS) is 11.4. The van der Waals surface area contributed by atoms with Crippen molar-refractivity contribution in [3.63, 3.8) is 0 Å². The van der Waals surface area contributed by atoms with E-state index < -0.39 is 6.04 Å². The smallest absolute Gasteiger partial charge is 0.246 e. The van der Waals surface area contributed by atoms with Gasteiger partial charge in [0.1, 0.15) is 6.04 Å². The summed E-state index contributed by atoms with van der Waals surface area (Å²) in [6.45, 7) is 3.66. The van der Waals surface area contributed by atoms with Crippen LogP contribution in [0, 0.1) is 19.3 Å². The van der Waals surface area contributed by atoms with E-state index in [2.05, 4.69) is 16.6 Å². The molecule has 2 aromatic rings. The second-order valence-electron chi connectivity index (χ2n) is 4.99. The van der Waals surface area contributed by atoms with E-state index in [1.54, 1.807) is 19.1 Å². The lowest BCUT2D eigenvalue weighted by atomic mass is 10.1. The first-order valence-electron chi connectivity index (χ1n) is 6.90. The highest BCUT2D eigenvalue weighted by Crippen LogP contribution is 2.23. The van der Waals surface area contributed by atoms with Crippen molar-refractivity contribution < 1.29 is 4.79 Å². The van der Waals surface area contributed by atoms with Gasteiger partial charge in [0.25, 0.3) is 0 Å². The number of benzene rings is 2. The number of terminal acetylenes is 1. The Hall–Kier alpha value is -2.44. The van der Waals surface area contributed by atoms with E-state index in [0.29, 0.717) is 10.7 Å². The van der Waals surface area contributed by atoms with Crippen LogP contribution in [0.15, 0.2) is 42.5 Å². The molecule has 0 radical (unpaired) electrons. The van der Waals surface area contributed by atoms with Crippen LogP contribution in [0.5, 0.6) is 0 Å². The molecule has 4 heteroatoms. The largest absolute Gasteiger partial charge is 0.374 e. The van der Waals surface area contributed by atoms with Gasteiger partial charge in [0.15, 0.2) is 0 Å². The summed E-state index contributed by atoms with van der Waals surface area (Å²) >= 11 is 6.05. The summed E-state index contributed by atoms with van der Waals surface area (Å²) in [6.07, 6.45) is 5.37. The summed E-state index contributed by atoms with van der Waals surface area (Å²) in [7, 11) is 0. The lowest BCUT2D eigenvalue weighted by molar-refractivity contribution is -0.116. The van der Waals surface area contributed by atoms with E-state index in [4.69, 9.17) is 18.0 Å². The summed E-state index contributed by atoms with van der Waals surface area (Å²) in [5, 5.41) is 6.63. The molecule has 0 bridgehead atoms. The number of hydrogen-bond donors (Lipinski definition) is 2. The first-order chi connectivity index (χ1) is 10.5. The van der Waals surface area contributed by atoms with Crippen molar-refractivity contribution in [2.75, 3.05) is 10.6 Å². The van der Waals surface area contributed by atoms with Crippen molar-refractivity contribution in [1.29, 1.82) is 0 Å². The zero-order valence-corrected chi connectivity index (χ0v) is 13.2. The van der Waals surface area contributed by atoms with E-state index in [-0.39, 0.29) is 5.91 Å². The maximum atomic E-state index is 12.3. The maximum Gasteiger partial charge on any atom is 0.246 e. The Bertz CT molecular complexity index is 734. The second kappa shape index (κ2) is 7.02. The molecule has 1 atom stereocenters. The number of hydrogen-bond acceptors (Lipinski definition) is 2. The molecule has 0 heterocycles. The van der Waals surface area contributed by atoms with Crippen LogP contribution in [0.2, 0.25) is 5.02 Å². The zero-order valence-electron chi connectivity index (χ0n) is 12.5. The van der Waals surface area contributed by atoms with Gasteiger partial charge >= 0.3 is 0 Å². The molecule has 0 aliphatic heterocycles. The average Bonchev–Trinajstić information content (AvgIpc) is 2.52. The summed E-state index contributed by atoms with van der Waals surface area (Å²) in [6, 6.07) is 12.4. The monoisotopic (exact) mass is 312 g/mol. The number of amides is 1. The quantitative estimate of drug-likeness (QED) is 0.836. The van der Waals surface area contributed by atoms with Gasteiger partial charge in [0, 0.05) is 22.0 Å². The highest BCUT2D eigenvalue weighted by molar-refractivity contribution is 6.31. The van der Waals surface area contributed by atoms with Crippen LogP contribution in [0.1, 0.15) is 18.1 Å². The summed E-state index contributed by atoms with van der Waals surface area (Å²) < 4.78 is 0. The highest BCUT2D eigenvalue weighted by Gasteiger charge is 2.14. The first kappa shape index (κ1) is 15.9. The van der Waals surface area contributed by atoms with Crippen LogP contribution in [0.25, 0.3) is 0 Å². The minimum absolute atomic E-state index is 0.142. The van der Waals surface area contributed by atoms with Crippen LogP contribution in [-0.2, 0) is 4.79 Å². The molecule has 2 aromatic carbocycles. The molecule has 0 aliphatic rings.